The molecule has 0 aromatic carbocycles. The van der Waals surface area contributed by atoms with Gasteiger partial charge in [0.15, 0.2) is 0 Å². The van der Waals surface area contributed by atoms with E-state index < -0.39 is 0 Å². The van der Waals surface area contributed by atoms with Gasteiger partial charge < -0.3 is 5.32 Å². The molecule has 0 radical (unpaired) electrons. The minimum absolute atomic E-state index is 0.279. The number of nitrogens with one attached hydrogen (secondary N) is 1. The molecule has 1 N–H and O–H groups in total. The van der Waals surface area contributed by atoms with Crippen LogP contribution in [0.3, 0.4) is 0 Å². The van der Waals surface area contributed by atoms with Crippen molar-refractivity contribution in [3.63, 3.8) is 0 Å². The Labute approximate surface area is 113 Å². The molecule has 94 valence electrons. The van der Waals surface area contributed by atoms with Gasteiger partial charge in [0, 0.05) is 16.9 Å². The molecule has 0 heterocycles. The quantitative estimate of drug-likeness (QED) is 0.621. The Balaban J connectivity index is 2.34. The minimum atomic E-state index is 0.279. The van der Waals surface area contributed by atoms with Crippen LogP contribution >= 0.6 is 22.6 Å². The lowest BCUT2D eigenvalue weighted by Crippen LogP contribution is -2.36. The highest BCUT2D eigenvalue weighted by Crippen LogP contribution is 2.39. The summed E-state index contributed by atoms with van der Waals surface area (Å²) in [6.07, 6.45) is 4.58. The summed E-state index contributed by atoms with van der Waals surface area (Å²) in [5, 5.41) is 3.01. The highest BCUT2D eigenvalue weighted by Gasteiger charge is 2.31. The molecule has 0 saturated heterocycles. The number of amides is 1. The third-order valence-corrected chi connectivity index (χ3v) is 4.26. The van der Waals surface area contributed by atoms with Crippen LogP contribution in [0, 0.1) is 17.3 Å². The van der Waals surface area contributed by atoms with E-state index in [2.05, 4.69) is 48.7 Å². The highest BCUT2D eigenvalue weighted by molar-refractivity contribution is 14.1. The van der Waals surface area contributed by atoms with Gasteiger partial charge in [-0.15, -0.1) is 0 Å². The van der Waals surface area contributed by atoms with Crippen molar-refractivity contribution >= 4 is 28.5 Å². The lowest BCUT2D eigenvalue weighted by atomic mass is 9.70. The molecule has 0 atom stereocenters. The average molecular weight is 337 g/mol. The Morgan fingerprint density at radius 1 is 1.25 bits per heavy atom. The predicted molar refractivity (Wildman–Crippen MR) is 76.8 cm³/mol. The summed E-state index contributed by atoms with van der Waals surface area (Å²) in [7, 11) is 0. The summed E-state index contributed by atoms with van der Waals surface area (Å²) in [6, 6.07) is 0. The Kier molecular flexibility index (Phi) is 5.54. The van der Waals surface area contributed by atoms with Crippen molar-refractivity contribution < 1.29 is 4.79 Å². The summed E-state index contributed by atoms with van der Waals surface area (Å²) in [4.78, 5) is 11.8. The van der Waals surface area contributed by atoms with Crippen LogP contribution < -0.4 is 5.32 Å². The van der Waals surface area contributed by atoms with E-state index >= 15 is 0 Å². The number of rotatable bonds is 3. The summed E-state index contributed by atoms with van der Waals surface area (Å²) >= 11 is 2.29. The Morgan fingerprint density at radius 3 is 2.25 bits per heavy atom. The molecule has 1 fully saturated rings. The Hall–Kier alpha value is 0.200. The van der Waals surface area contributed by atoms with Gasteiger partial charge in [0.2, 0.25) is 5.91 Å². The zero-order valence-corrected chi connectivity index (χ0v) is 12.8. The fourth-order valence-electron chi connectivity index (χ4n) is 2.54. The van der Waals surface area contributed by atoms with Crippen LogP contribution in [0.2, 0.25) is 0 Å². The van der Waals surface area contributed by atoms with Crippen LogP contribution in [0.4, 0.5) is 0 Å². The summed E-state index contributed by atoms with van der Waals surface area (Å²) in [6.45, 7) is 7.76. The van der Waals surface area contributed by atoms with Crippen molar-refractivity contribution in [3.8, 4) is 0 Å². The van der Waals surface area contributed by atoms with Gasteiger partial charge in [0.1, 0.15) is 0 Å². The SMILES string of the molecule is CC(C)(C)C1CCC(C(=O)NCCI)CC1. The monoisotopic (exact) mass is 337 g/mol. The largest absolute Gasteiger partial charge is 0.355 e. The molecule has 0 aromatic heterocycles. The van der Waals surface area contributed by atoms with Gasteiger partial charge in [-0.1, -0.05) is 43.4 Å². The first kappa shape index (κ1) is 14.3. The molecule has 2 nitrogen and oxygen atoms in total. The molecule has 1 aliphatic rings. The van der Waals surface area contributed by atoms with Crippen molar-refractivity contribution in [1.29, 1.82) is 0 Å². The summed E-state index contributed by atoms with van der Waals surface area (Å²) in [5.74, 6) is 1.35. The van der Waals surface area contributed by atoms with Gasteiger partial charge in [0.05, 0.1) is 0 Å². The molecule has 1 rings (SSSR count). The zero-order valence-electron chi connectivity index (χ0n) is 10.7. The van der Waals surface area contributed by atoms with Crippen LogP contribution in [-0.2, 0) is 4.79 Å². The smallest absolute Gasteiger partial charge is 0.223 e. The van der Waals surface area contributed by atoms with Crippen molar-refractivity contribution in [2.75, 3.05) is 11.0 Å². The van der Waals surface area contributed by atoms with E-state index in [4.69, 9.17) is 0 Å². The number of alkyl halides is 1. The number of halogens is 1. The molecule has 1 amide bonds. The van der Waals surface area contributed by atoms with Crippen LogP contribution in [0.1, 0.15) is 46.5 Å². The van der Waals surface area contributed by atoms with Gasteiger partial charge in [-0.3, -0.25) is 4.79 Å². The predicted octanol–water partition coefficient (Wildman–Crippen LogP) is 3.39. The second kappa shape index (κ2) is 6.22. The third kappa shape index (κ3) is 4.22. The normalized spacial score (nSPS) is 26.5. The van der Waals surface area contributed by atoms with Gasteiger partial charge in [-0.05, 0) is 37.0 Å². The Morgan fingerprint density at radius 2 is 1.81 bits per heavy atom. The number of carbonyl (C=O) groups excluding carboxylic acids is 1. The van der Waals surface area contributed by atoms with E-state index in [1.165, 1.54) is 12.8 Å². The third-order valence-electron chi connectivity index (χ3n) is 3.72. The van der Waals surface area contributed by atoms with Crippen molar-refractivity contribution in [2.45, 2.75) is 46.5 Å². The Bertz CT molecular complexity index is 227. The molecule has 0 unspecified atom stereocenters. The van der Waals surface area contributed by atoms with Gasteiger partial charge in [0.25, 0.3) is 0 Å². The van der Waals surface area contributed by atoms with E-state index in [9.17, 15) is 4.79 Å². The lowest BCUT2D eigenvalue weighted by molar-refractivity contribution is -0.126. The number of carbonyl (C=O) groups is 1. The van der Waals surface area contributed by atoms with E-state index in [1.807, 2.05) is 0 Å². The molecular formula is C13H24INO. The first-order valence-electron chi connectivity index (χ1n) is 6.29. The molecule has 1 saturated carbocycles. The molecule has 0 spiro atoms. The molecular weight excluding hydrogens is 313 g/mol. The molecule has 3 heteroatoms. The van der Waals surface area contributed by atoms with E-state index in [1.54, 1.807) is 0 Å². The van der Waals surface area contributed by atoms with Gasteiger partial charge in [-0.25, -0.2) is 0 Å². The maximum atomic E-state index is 11.8. The van der Waals surface area contributed by atoms with Crippen molar-refractivity contribution in [1.82, 2.24) is 5.32 Å². The fourth-order valence-corrected chi connectivity index (χ4v) is 2.81. The summed E-state index contributed by atoms with van der Waals surface area (Å²) < 4.78 is 1.00. The van der Waals surface area contributed by atoms with Crippen molar-refractivity contribution in [3.05, 3.63) is 0 Å². The molecule has 0 bridgehead atoms. The molecule has 16 heavy (non-hydrogen) atoms. The average Bonchev–Trinajstić information content (AvgIpc) is 2.25. The topological polar surface area (TPSA) is 29.1 Å². The standard InChI is InChI=1S/C13H24INO/c1-13(2,3)11-6-4-10(5-7-11)12(16)15-9-8-14/h10-11H,4-9H2,1-3H3,(H,15,16). The first-order valence-corrected chi connectivity index (χ1v) is 7.81. The lowest BCUT2D eigenvalue weighted by Gasteiger charge is -2.36. The maximum Gasteiger partial charge on any atom is 0.223 e. The molecule has 0 aliphatic heterocycles. The summed E-state index contributed by atoms with van der Waals surface area (Å²) in [5.41, 5.74) is 0.406. The van der Waals surface area contributed by atoms with Crippen LogP contribution in [0.25, 0.3) is 0 Å². The van der Waals surface area contributed by atoms with Gasteiger partial charge in [-0.2, -0.15) is 0 Å². The van der Waals surface area contributed by atoms with Crippen molar-refractivity contribution in [2.24, 2.45) is 17.3 Å². The zero-order chi connectivity index (χ0) is 12.2. The van der Waals surface area contributed by atoms with E-state index in [-0.39, 0.29) is 11.8 Å². The number of hydrogen-bond acceptors (Lipinski definition) is 1. The van der Waals surface area contributed by atoms with Crippen LogP contribution in [0.15, 0.2) is 0 Å². The number of hydrogen-bond donors (Lipinski definition) is 1. The van der Waals surface area contributed by atoms with Crippen LogP contribution in [-0.4, -0.2) is 16.9 Å². The molecule has 0 aromatic rings. The second-order valence-corrected chi connectivity index (χ2v) is 6.97. The molecule has 1 aliphatic carbocycles. The van der Waals surface area contributed by atoms with Gasteiger partial charge >= 0.3 is 0 Å². The van der Waals surface area contributed by atoms with Crippen LogP contribution in [0.5, 0.6) is 0 Å². The fraction of sp³-hybridized carbons (Fsp3) is 0.923. The van der Waals surface area contributed by atoms with E-state index in [0.717, 1.165) is 29.7 Å². The van der Waals surface area contributed by atoms with E-state index in [0.29, 0.717) is 5.41 Å². The highest BCUT2D eigenvalue weighted by atomic mass is 127. The second-order valence-electron chi connectivity index (χ2n) is 5.89. The minimum Gasteiger partial charge on any atom is -0.355 e. The first-order chi connectivity index (χ1) is 7.45. The maximum absolute atomic E-state index is 11.8.